The number of halogens is 2. The second-order valence-electron chi connectivity index (χ2n) is 5.99. The molecule has 2 aromatic carbocycles. The third kappa shape index (κ3) is 4.80. The second-order valence-corrected chi connectivity index (χ2v) is 5.99. The van der Waals surface area contributed by atoms with Gasteiger partial charge in [-0.1, -0.05) is 24.3 Å². The summed E-state index contributed by atoms with van der Waals surface area (Å²) < 4.78 is 0. The van der Waals surface area contributed by atoms with Crippen LogP contribution in [-0.4, -0.2) is 19.0 Å². The Balaban J connectivity index is 0.00000156. The van der Waals surface area contributed by atoms with Crippen LogP contribution in [0.3, 0.4) is 0 Å². The molecule has 0 aliphatic carbocycles. The van der Waals surface area contributed by atoms with E-state index < -0.39 is 0 Å². The molecule has 3 rings (SSSR count). The summed E-state index contributed by atoms with van der Waals surface area (Å²) in [6, 6.07) is 13.9. The van der Waals surface area contributed by atoms with Crippen molar-refractivity contribution < 1.29 is 4.79 Å². The fourth-order valence-electron chi connectivity index (χ4n) is 3.12. The van der Waals surface area contributed by atoms with Crippen molar-refractivity contribution >= 4 is 47.8 Å². The fraction of sp³-hybridized carbons (Fsp3) is 0.316. The minimum atomic E-state index is 0. The van der Waals surface area contributed by atoms with Crippen molar-refractivity contribution in [1.29, 1.82) is 0 Å². The van der Waals surface area contributed by atoms with Gasteiger partial charge in [-0.25, -0.2) is 0 Å². The molecule has 1 heterocycles. The van der Waals surface area contributed by atoms with Crippen molar-refractivity contribution in [1.82, 2.24) is 0 Å². The summed E-state index contributed by atoms with van der Waals surface area (Å²) in [6.07, 6.45) is 2.40. The molecule has 0 fully saturated rings. The number of benzene rings is 2. The van der Waals surface area contributed by atoms with Gasteiger partial charge in [-0.05, 0) is 49.1 Å². The van der Waals surface area contributed by atoms with Gasteiger partial charge >= 0.3 is 0 Å². The number of nitrogen functional groups attached to an aromatic ring is 1. The highest BCUT2D eigenvalue weighted by molar-refractivity contribution is 5.95. The first-order valence-corrected chi connectivity index (χ1v) is 8.14. The van der Waals surface area contributed by atoms with Gasteiger partial charge in [0.15, 0.2) is 0 Å². The maximum atomic E-state index is 12.6. The van der Waals surface area contributed by atoms with Gasteiger partial charge in [-0.15, -0.1) is 24.8 Å². The highest BCUT2D eigenvalue weighted by atomic mass is 35.5. The maximum Gasteiger partial charge on any atom is 0.228 e. The molecule has 0 aromatic heterocycles. The van der Waals surface area contributed by atoms with E-state index in [0.29, 0.717) is 13.0 Å². The molecule has 136 valence electrons. The molecule has 3 N–H and O–H groups in total. The van der Waals surface area contributed by atoms with Gasteiger partial charge in [0.25, 0.3) is 0 Å². The number of nitrogens with zero attached hydrogens (tertiary/aromatic N) is 1. The standard InChI is InChI=1S/C19H23N3O.2ClH/c1-14-6-2-3-9-17(14)21-12-11-19(23)22-13-5-7-15-16(20)8-4-10-18(15)22;;/h2-4,6,8-10,21H,5,7,11-13,20H2,1H3;2*1H. The van der Waals surface area contributed by atoms with Crippen LogP contribution >= 0.6 is 24.8 Å². The van der Waals surface area contributed by atoms with Crippen LogP contribution in [0.25, 0.3) is 0 Å². The van der Waals surface area contributed by atoms with Gasteiger partial charge in [0, 0.05) is 36.6 Å². The van der Waals surface area contributed by atoms with Crippen molar-refractivity contribution in [3.63, 3.8) is 0 Å². The first-order chi connectivity index (χ1) is 11.2. The number of para-hydroxylation sites is 1. The van der Waals surface area contributed by atoms with E-state index in [2.05, 4.69) is 18.3 Å². The quantitative estimate of drug-likeness (QED) is 0.780. The van der Waals surface area contributed by atoms with Crippen molar-refractivity contribution in [2.45, 2.75) is 26.2 Å². The first-order valence-electron chi connectivity index (χ1n) is 8.14. The molecule has 0 spiro atoms. The maximum absolute atomic E-state index is 12.6. The van der Waals surface area contributed by atoms with Gasteiger partial charge in [-0.3, -0.25) is 4.79 Å². The van der Waals surface area contributed by atoms with E-state index in [-0.39, 0.29) is 30.7 Å². The van der Waals surface area contributed by atoms with Crippen LogP contribution in [0.2, 0.25) is 0 Å². The van der Waals surface area contributed by atoms with Gasteiger partial charge < -0.3 is 16.0 Å². The number of carbonyl (C=O) groups excluding carboxylic acids is 1. The second kappa shape index (κ2) is 9.54. The summed E-state index contributed by atoms with van der Waals surface area (Å²) in [7, 11) is 0. The highest BCUT2D eigenvalue weighted by Gasteiger charge is 2.23. The molecule has 25 heavy (non-hydrogen) atoms. The molecule has 0 saturated heterocycles. The lowest BCUT2D eigenvalue weighted by Gasteiger charge is -2.30. The van der Waals surface area contributed by atoms with Crippen LogP contribution in [0.1, 0.15) is 24.0 Å². The van der Waals surface area contributed by atoms with Crippen molar-refractivity contribution in [3.8, 4) is 0 Å². The minimum absolute atomic E-state index is 0. The third-order valence-electron chi connectivity index (χ3n) is 4.39. The molecule has 0 atom stereocenters. The molecule has 0 radical (unpaired) electrons. The first kappa shape index (κ1) is 21.1. The Morgan fingerprint density at radius 3 is 2.68 bits per heavy atom. The largest absolute Gasteiger partial charge is 0.398 e. The highest BCUT2D eigenvalue weighted by Crippen LogP contribution is 2.31. The normalized spacial score (nSPS) is 12.4. The zero-order valence-electron chi connectivity index (χ0n) is 14.3. The Morgan fingerprint density at radius 1 is 1.16 bits per heavy atom. The summed E-state index contributed by atoms with van der Waals surface area (Å²) in [5.74, 6) is 0.151. The zero-order valence-corrected chi connectivity index (χ0v) is 16.0. The van der Waals surface area contributed by atoms with Gasteiger partial charge in [0.1, 0.15) is 0 Å². The summed E-state index contributed by atoms with van der Waals surface area (Å²) in [4.78, 5) is 14.5. The molecule has 0 bridgehead atoms. The Labute approximate surface area is 161 Å². The van der Waals surface area contributed by atoms with Crippen LogP contribution in [0.5, 0.6) is 0 Å². The van der Waals surface area contributed by atoms with Gasteiger partial charge in [0.05, 0.1) is 0 Å². The van der Waals surface area contributed by atoms with Crippen molar-refractivity contribution in [2.24, 2.45) is 0 Å². The van der Waals surface area contributed by atoms with Crippen molar-refractivity contribution in [2.75, 3.05) is 29.0 Å². The Kier molecular flexibility index (Phi) is 8.07. The topological polar surface area (TPSA) is 58.4 Å². The van der Waals surface area contributed by atoms with Crippen LogP contribution in [-0.2, 0) is 11.2 Å². The fourth-order valence-corrected chi connectivity index (χ4v) is 3.12. The molecule has 2 aromatic rings. The predicted octanol–water partition coefficient (Wildman–Crippen LogP) is 4.20. The molecule has 0 unspecified atom stereocenters. The lowest BCUT2D eigenvalue weighted by Crippen LogP contribution is -2.36. The SMILES string of the molecule is Cc1ccccc1NCCC(=O)N1CCCc2c(N)cccc21.Cl.Cl. The van der Waals surface area contributed by atoms with Crippen LogP contribution in [0, 0.1) is 6.92 Å². The summed E-state index contributed by atoms with van der Waals surface area (Å²) in [5.41, 5.74) is 11.2. The summed E-state index contributed by atoms with van der Waals surface area (Å²) in [6.45, 7) is 3.48. The smallest absolute Gasteiger partial charge is 0.228 e. The number of aryl methyl sites for hydroxylation is 1. The van der Waals surface area contributed by atoms with Crippen molar-refractivity contribution in [3.05, 3.63) is 53.6 Å². The average Bonchev–Trinajstić information content (AvgIpc) is 2.56. The molecular formula is C19H25Cl2N3O. The van der Waals surface area contributed by atoms with Gasteiger partial charge in [0.2, 0.25) is 5.91 Å². The molecule has 0 saturated carbocycles. The lowest BCUT2D eigenvalue weighted by molar-refractivity contribution is -0.118. The average molecular weight is 382 g/mol. The van der Waals surface area contributed by atoms with Crippen LogP contribution in [0.4, 0.5) is 17.1 Å². The molecule has 6 heteroatoms. The number of nitrogens with two attached hydrogens (primary N) is 1. The molecule has 1 aliphatic heterocycles. The molecule has 4 nitrogen and oxygen atoms in total. The Morgan fingerprint density at radius 2 is 1.92 bits per heavy atom. The number of anilines is 3. The lowest BCUT2D eigenvalue weighted by atomic mass is 9.99. The predicted molar refractivity (Wildman–Crippen MR) is 110 cm³/mol. The van der Waals surface area contributed by atoms with E-state index >= 15 is 0 Å². The molecular weight excluding hydrogens is 357 g/mol. The van der Waals surface area contributed by atoms with E-state index in [4.69, 9.17) is 5.73 Å². The number of carbonyl (C=O) groups is 1. The molecule has 1 amide bonds. The number of fused-ring (bicyclic) bond motifs is 1. The third-order valence-corrected chi connectivity index (χ3v) is 4.39. The van der Waals surface area contributed by atoms with E-state index in [0.717, 1.165) is 42.0 Å². The van der Waals surface area contributed by atoms with E-state index in [1.165, 1.54) is 5.56 Å². The summed E-state index contributed by atoms with van der Waals surface area (Å²) >= 11 is 0. The van der Waals surface area contributed by atoms with E-state index in [1.54, 1.807) is 0 Å². The van der Waals surface area contributed by atoms with Crippen LogP contribution < -0.4 is 16.0 Å². The number of hydrogen-bond acceptors (Lipinski definition) is 3. The van der Waals surface area contributed by atoms with Gasteiger partial charge in [-0.2, -0.15) is 0 Å². The number of hydrogen-bond donors (Lipinski definition) is 2. The monoisotopic (exact) mass is 381 g/mol. The Bertz CT molecular complexity index is 722. The van der Waals surface area contributed by atoms with Crippen LogP contribution in [0.15, 0.2) is 42.5 Å². The van der Waals surface area contributed by atoms with E-state index in [1.807, 2.05) is 41.3 Å². The minimum Gasteiger partial charge on any atom is -0.398 e. The van der Waals surface area contributed by atoms with E-state index in [9.17, 15) is 4.79 Å². The Hall–Kier alpha value is -1.91. The zero-order chi connectivity index (χ0) is 16.2. The molecule has 1 aliphatic rings. The number of amides is 1. The number of nitrogens with one attached hydrogen (secondary N) is 1. The number of rotatable bonds is 4. The summed E-state index contributed by atoms with van der Waals surface area (Å²) in [5, 5.41) is 3.35.